The molecule has 2 aromatic rings. The normalized spacial score (nSPS) is 17.2. The largest absolute Gasteiger partial charge is 0.402 e. The van der Waals surface area contributed by atoms with E-state index in [1.165, 1.54) is 5.56 Å². The molecule has 1 aromatic carbocycles. The van der Waals surface area contributed by atoms with E-state index in [4.69, 9.17) is 16.1 Å². The van der Waals surface area contributed by atoms with Crippen LogP contribution in [-0.2, 0) is 0 Å². The minimum Gasteiger partial charge on any atom is -0.402 e. The van der Waals surface area contributed by atoms with E-state index >= 15 is 0 Å². The van der Waals surface area contributed by atoms with Crippen LogP contribution < -0.4 is 10.6 Å². The predicted molar refractivity (Wildman–Crippen MR) is 116 cm³/mol. The van der Waals surface area contributed by atoms with Gasteiger partial charge in [-0.25, -0.2) is 9.97 Å². The maximum Gasteiger partial charge on any atom is 0.165 e. The molecule has 0 saturated carbocycles. The zero-order valence-corrected chi connectivity index (χ0v) is 17.2. The van der Waals surface area contributed by atoms with Crippen molar-refractivity contribution in [3.8, 4) is 0 Å². The fourth-order valence-corrected chi connectivity index (χ4v) is 3.75. The third-order valence-electron chi connectivity index (χ3n) is 5.30. The lowest BCUT2D eigenvalue weighted by molar-refractivity contribution is 0.198. The van der Waals surface area contributed by atoms with E-state index in [2.05, 4.69) is 52.0 Å². The Hall–Kier alpha value is -2.73. The average Bonchev–Trinajstić information content (AvgIpc) is 2.67. The van der Waals surface area contributed by atoms with Crippen LogP contribution in [0.4, 0.5) is 5.82 Å². The van der Waals surface area contributed by atoms with Crippen molar-refractivity contribution in [3.63, 3.8) is 0 Å². The second-order valence-corrected chi connectivity index (χ2v) is 7.48. The maximum atomic E-state index is 8.02. The molecule has 2 heterocycles. The second kappa shape index (κ2) is 8.52. The number of nitrogens with one attached hydrogen (secondary N) is 1. The van der Waals surface area contributed by atoms with Crippen LogP contribution in [0.2, 0.25) is 0 Å². The van der Waals surface area contributed by atoms with Crippen LogP contribution in [0.25, 0.3) is 5.57 Å². The third-order valence-corrected chi connectivity index (χ3v) is 5.30. The summed E-state index contributed by atoms with van der Waals surface area (Å²) < 4.78 is 0. The fraction of sp³-hybridized carbons (Fsp3) is 0.409. The van der Waals surface area contributed by atoms with Crippen molar-refractivity contribution in [1.29, 1.82) is 5.41 Å². The van der Waals surface area contributed by atoms with Crippen LogP contribution in [0.5, 0.6) is 0 Å². The number of anilines is 1. The molecule has 0 aliphatic carbocycles. The van der Waals surface area contributed by atoms with Gasteiger partial charge in [0.2, 0.25) is 0 Å². The third kappa shape index (κ3) is 4.39. The van der Waals surface area contributed by atoms with Gasteiger partial charge in [-0.1, -0.05) is 30.3 Å². The number of nitrogens with zero attached hydrogens (tertiary/aromatic N) is 4. The summed E-state index contributed by atoms with van der Waals surface area (Å²) in [6, 6.07) is 13.1. The van der Waals surface area contributed by atoms with E-state index in [0.717, 1.165) is 37.7 Å². The Bertz CT molecular complexity index is 862. The number of hydrogen-bond donors (Lipinski definition) is 2. The molecule has 0 bridgehead atoms. The molecule has 0 radical (unpaired) electrons. The van der Waals surface area contributed by atoms with Crippen LogP contribution in [0.3, 0.4) is 0 Å². The van der Waals surface area contributed by atoms with Crippen molar-refractivity contribution in [2.24, 2.45) is 5.73 Å². The number of piperazine rings is 1. The van der Waals surface area contributed by atoms with Gasteiger partial charge in [-0.15, -0.1) is 0 Å². The van der Waals surface area contributed by atoms with E-state index in [1.807, 2.05) is 13.0 Å². The van der Waals surface area contributed by atoms with Crippen molar-refractivity contribution >= 4 is 17.1 Å². The first-order valence-electron chi connectivity index (χ1n) is 9.78. The standard InChI is InChI=1S/C22H30N6/c1-15-14-20(26-22(25-15)21(16(2)23)17(3)24)28-12-10-27(11-13-28)18(4)19-8-6-5-7-9-19/h5-9,14,18,23H,10-13,24H2,1-4H3/b21-17+,23-16?. The molecule has 1 unspecified atom stereocenters. The highest BCUT2D eigenvalue weighted by molar-refractivity contribution is 6.20. The van der Waals surface area contributed by atoms with Crippen molar-refractivity contribution in [2.75, 3.05) is 31.1 Å². The Labute approximate surface area is 167 Å². The molecule has 3 N–H and O–H groups in total. The van der Waals surface area contributed by atoms with Gasteiger partial charge in [-0.3, -0.25) is 4.90 Å². The molecule has 0 spiro atoms. The monoisotopic (exact) mass is 378 g/mol. The van der Waals surface area contributed by atoms with Gasteiger partial charge in [0.25, 0.3) is 0 Å². The molecular weight excluding hydrogens is 348 g/mol. The molecule has 1 atom stereocenters. The van der Waals surface area contributed by atoms with Crippen molar-refractivity contribution in [3.05, 3.63) is 59.2 Å². The lowest BCUT2D eigenvalue weighted by Crippen LogP contribution is -2.47. The quantitative estimate of drug-likeness (QED) is 0.779. The Kier molecular flexibility index (Phi) is 6.09. The lowest BCUT2D eigenvalue weighted by atomic mass is 10.1. The Morgan fingerprint density at radius 1 is 1.07 bits per heavy atom. The number of allylic oxidation sites excluding steroid dienone is 2. The topological polar surface area (TPSA) is 82.1 Å². The summed E-state index contributed by atoms with van der Waals surface area (Å²) in [4.78, 5) is 14.1. The van der Waals surface area contributed by atoms with Gasteiger partial charge >= 0.3 is 0 Å². The minimum atomic E-state index is 0.387. The van der Waals surface area contributed by atoms with Crippen molar-refractivity contribution in [1.82, 2.24) is 14.9 Å². The number of rotatable bonds is 5. The molecule has 1 aliphatic rings. The minimum absolute atomic E-state index is 0.387. The first kappa shape index (κ1) is 20.0. The summed E-state index contributed by atoms with van der Waals surface area (Å²) >= 11 is 0. The molecule has 28 heavy (non-hydrogen) atoms. The molecule has 3 rings (SSSR count). The molecule has 1 aromatic heterocycles. The number of aryl methyl sites for hydroxylation is 1. The fourth-order valence-electron chi connectivity index (χ4n) is 3.75. The zero-order chi connectivity index (χ0) is 20.3. The van der Waals surface area contributed by atoms with E-state index in [9.17, 15) is 0 Å². The highest BCUT2D eigenvalue weighted by Crippen LogP contribution is 2.24. The van der Waals surface area contributed by atoms with Crippen molar-refractivity contribution < 1.29 is 0 Å². The molecule has 6 heteroatoms. The van der Waals surface area contributed by atoms with Crippen LogP contribution in [0.15, 0.2) is 42.1 Å². The summed E-state index contributed by atoms with van der Waals surface area (Å²) in [6.07, 6.45) is 0. The van der Waals surface area contributed by atoms with E-state index < -0.39 is 0 Å². The smallest absolute Gasteiger partial charge is 0.165 e. The highest BCUT2D eigenvalue weighted by atomic mass is 15.3. The molecule has 1 saturated heterocycles. The molecule has 1 aliphatic heterocycles. The number of benzene rings is 1. The Morgan fingerprint density at radius 3 is 2.29 bits per heavy atom. The van der Waals surface area contributed by atoms with Gasteiger partial charge in [0, 0.05) is 55.4 Å². The summed E-state index contributed by atoms with van der Waals surface area (Å²) in [5, 5.41) is 8.02. The SMILES string of the molecule is CC(=N)/C(=C(/C)N)c1nc(C)cc(N2CCN(C(C)c3ccccc3)CC2)n1. The van der Waals surface area contributed by atoms with E-state index in [-0.39, 0.29) is 0 Å². The highest BCUT2D eigenvalue weighted by Gasteiger charge is 2.23. The molecule has 148 valence electrons. The van der Waals surface area contributed by atoms with Gasteiger partial charge in [0.05, 0.1) is 5.57 Å². The van der Waals surface area contributed by atoms with Crippen molar-refractivity contribution in [2.45, 2.75) is 33.7 Å². The lowest BCUT2D eigenvalue weighted by Gasteiger charge is -2.38. The van der Waals surface area contributed by atoms with Gasteiger partial charge in [0.15, 0.2) is 5.82 Å². The van der Waals surface area contributed by atoms with Crippen LogP contribution in [-0.4, -0.2) is 46.8 Å². The molecule has 0 amide bonds. The summed E-state index contributed by atoms with van der Waals surface area (Å²) in [5.41, 5.74) is 9.82. The first-order chi connectivity index (χ1) is 13.4. The molecular formula is C22H30N6. The van der Waals surface area contributed by atoms with E-state index in [1.54, 1.807) is 13.8 Å². The summed E-state index contributed by atoms with van der Waals surface area (Å²) in [5.74, 6) is 1.46. The number of hydrogen-bond acceptors (Lipinski definition) is 6. The second-order valence-electron chi connectivity index (χ2n) is 7.48. The zero-order valence-electron chi connectivity index (χ0n) is 17.2. The van der Waals surface area contributed by atoms with Gasteiger partial charge in [-0.2, -0.15) is 0 Å². The number of nitrogens with two attached hydrogens (primary N) is 1. The first-order valence-corrected chi connectivity index (χ1v) is 9.78. The average molecular weight is 379 g/mol. The molecule has 1 fully saturated rings. The summed E-state index contributed by atoms with van der Waals surface area (Å²) in [6.45, 7) is 11.5. The van der Waals surface area contributed by atoms with E-state index in [0.29, 0.717) is 28.8 Å². The van der Waals surface area contributed by atoms with Crippen LogP contribution >= 0.6 is 0 Å². The van der Waals surface area contributed by atoms with Crippen LogP contribution in [0.1, 0.15) is 43.9 Å². The van der Waals surface area contributed by atoms with Gasteiger partial charge in [-0.05, 0) is 33.3 Å². The predicted octanol–water partition coefficient (Wildman–Crippen LogP) is 3.40. The Morgan fingerprint density at radius 2 is 1.71 bits per heavy atom. The Balaban J connectivity index is 1.76. The maximum absolute atomic E-state index is 8.02. The molecule has 6 nitrogen and oxygen atoms in total. The van der Waals surface area contributed by atoms with Gasteiger partial charge in [0.1, 0.15) is 5.82 Å². The number of aromatic nitrogens is 2. The van der Waals surface area contributed by atoms with Gasteiger partial charge < -0.3 is 16.0 Å². The van der Waals surface area contributed by atoms with Crippen LogP contribution in [0, 0.1) is 12.3 Å². The summed E-state index contributed by atoms with van der Waals surface area (Å²) in [7, 11) is 0.